The summed E-state index contributed by atoms with van der Waals surface area (Å²) in [6, 6.07) is 15.5. The van der Waals surface area contributed by atoms with Crippen LogP contribution in [0.25, 0.3) is 0 Å². The Kier molecular flexibility index (Phi) is 10.1. The van der Waals surface area contributed by atoms with Gasteiger partial charge in [0.25, 0.3) is 11.8 Å². The van der Waals surface area contributed by atoms with Gasteiger partial charge in [-0.05, 0) is 79.9 Å². The number of halogens is 4. The fourth-order valence-corrected chi connectivity index (χ4v) is 4.59. The van der Waals surface area contributed by atoms with Gasteiger partial charge in [0.05, 0.1) is 43.5 Å². The van der Waals surface area contributed by atoms with Crippen LogP contribution >= 0.6 is 70.8 Å². The van der Waals surface area contributed by atoms with Crippen LogP contribution in [-0.4, -0.2) is 44.9 Å². The number of hydrazone groups is 2. The molecule has 210 valence electrons. The van der Waals surface area contributed by atoms with Crippen molar-refractivity contribution < 1.29 is 9.59 Å². The molecule has 0 bridgehead atoms. The summed E-state index contributed by atoms with van der Waals surface area (Å²) < 4.78 is 0. The number of amides is 2. The highest BCUT2D eigenvalue weighted by molar-refractivity contribution is 7.80. The van der Waals surface area contributed by atoms with Crippen LogP contribution in [0.4, 0.5) is 11.4 Å². The normalized spacial score (nSPS) is 13.7. The molecular weight excluding hydrogens is 648 g/mol. The van der Waals surface area contributed by atoms with Gasteiger partial charge in [0, 0.05) is 11.4 Å². The summed E-state index contributed by atoms with van der Waals surface area (Å²) in [6.45, 7) is 1.63. The minimum atomic E-state index is -0.843. The molecule has 0 saturated heterocycles. The highest BCUT2D eigenvalue weighted by Gasteiger charge is 2.39. The lowest BCUT2D eigenvalue weighted by atomic mass is 10.1. The minimum absolute atomic E-state index is 0.105. The van der Waals surface area contributed by atoms with E-state index in [0.29, 0.717) is 42.6 Å². The minimum Gasteiger partial charge on any atom is -0.331 e. The van der Waals surface area contributed by atoms with Gasteiger partial charge in [-0.1, -0.05) is 58.5 Å². The number of hydrogen-bond donors (Lipinski definition) is 4. The van der Waals surface area contributed by atoms with E-state index < -0.39 is 17.9 Å². The summed E-state index contributed by atoms with van der Waals surface area (Å²) in [5.41, 5.74) is 7.29. The number of nitrogens with one attached hydrogen (secondary N) is 4. The molecule has 1 atom stereocenters. The molecule has 4 N–H and O–H groups in total. The topological polar surface area (TPSA) is 110 Å². The van der Waals surface area contributed by atoms with E-state index >= 15 is 0 Å². The second kappa shape index (κ2) is 13.6. The van der Waals surface area contributed by atoms with Crippen molar-refractivity contribution in [2.24, 2.45) is 10.2 Å². The van der Waals surface area contributed by atoms with E-state index in [1.807, 2.05) is 0 Å². The molecule has 9 nitrogen and oxygen atoms in total. The van der Waals surface area contributed by atoms with Crippen LogP contribution < -0.4 is 21.5 Å². The lowest BCUT2D eigenvalue weighted by molar-refractivity contribution is 0.0636. The lowest BCUT2D eigenvalue weighted by Crippen LogP contribution is -2.44. The number of rotatable bonds is 7. The molecule has 0 spiro atoms. The number of fused-ring (bicyclic) bond motifs is 1. The molecule has 3 aromatic carbocycles. The van der Waals surface area contributed by atoms with Gasteiger partial charge in [-0.25, -0.2) is 0 Å². The maximum absolute atomic E-state index is 13.1. The van der Waals surface area contributed by atoms with Crippen LogP contribution in [0, 0.1) is 0 Å². The van der Waals surface area contributed by atoms with Crippen LogP contribution in [0.1, 0.15) is 27.6 Å². The molecule has 3 aromatic rings. The van der Waals surface area contributed by atoms with Crippen molar-refractivity contribution in [3.63, 3.8) is 0 Å². The van der Waals surface area contributed by atoms with Crippen LogP contribution in [-0.2, 0) is 0 Å². The number of anilines is 2. The average Bonchev–Trinajstić information content (AvgIpc) is 3.19. The first kappa shape index (κ1) is 30.6. The van der Waals surface area contributed by atoms with E-state index in [2.05, 4.69) is 31.7 Å². The third kappa shape index (κ3) is 7.50. The largest absolute Gasteiger partial charge is 0.331 e. The SMILES string of the molecule is CC(C(/C=N/NC(=S)Nc1ccc(Cl)c(Cl)c1)=N\NC(=S)Nc1ccc(Cl)c(Cl)c1)N1C(=O)c2ccccc2C1=O. The summed E-state index contributed by atoms with van der Waals surface area (Å²) in [4.78, 5) is 27.3. The number of nitrogens with zero attached hydrogens (tertiary/aromatic N) is 3. The Morgan fingerprint density at radius 3 is 1.76 bits per heavy atom. The Labute approximate surface area is 265 Å². The number of carbonyl (C=O) groups is 2. The van der Waals surface area contributed by atoms with E-state index in [1.54, 1.807) is 67.6 Å². The molecular formula is C26H19Cl4N7O2S2. The predicted octanol–water partition coefficient (Wildman–Crippen LogP) is 6.60. The zero-order valence-electron chi connectivity index (χ0n) is 20.9. The lowest BCUT2D eigenvalue weighted by Gasteiger charge is -2.22. The third-order valence-electron chi connectivity index (χ3n) is 5.65. The fraction of sp³-hybridized carbons (Fsp3) is 0.0769. The Morgan fingerprint density at radius 1 is 0.780 bits per heavy atom. The second-order valence-electron chi connectivity index (χ2n) is 8.39. The van der Waals surface area contributed by atoms with E-state index in [9.17, 15) is 9.59 Å². The number of carbonyl (C=O) groups excluding carboxylic acids is 2. The van der Waals surface area contributed by atoms with Crippen LogP contribution in [0.15, 0.2) is 70.9 Å². The molecule has 41 heavy (non-hydrogen) atoms. The second-order valence-corrected chi connectivity index (χ2v) is 10.8. The van der Waals surface area contributed by atoms with Crippen molar-refractivity contribution in [1.82, 2.24) is 15.8 Å². The van der Waals surface area contributed by atoms with Gasteiger partial charge in [0.1, 0.15) is 5.71 Å². The summed E-state index contributed by atoms with van der Waals surface area (Å²) >= 11 is 34.7. The molecule has 0 saturated carbocycles. The highest BCUT2D eigenvalue weighted by Crippen LogP contribution is 2.27. The summed E-state index contributed by atoms with van der Waals surface area (Å²) in [5, 5.41) is 16.0. The molecule has 0 fully saturated rings. The number of thiocarbonyl (C=S) groups is 2. The molecule has 1 unspecified atom stereocenters. The quantitative estimate of drug-likeness (QED) is 0.0967. The van der Waals surface area contributed by atoms with Gasteiger partial charge < -0.3 is 10.6 Å². The van der Waals surface area contributed by atoms with E-state index in [0.717, 1.165) is 4.90 Å². The Balaban J connectivity index is 1.51. The molecule has 0 aromatic heterocycles. The molecule has 1 aliphatic rings. The van der Waals surface area contributed by atoms with Crippen LogP contribution in [0.5, 0.6) is 0 Å². The molecule has 0 aliphatic carbocycles. The van der Waals surface area contributed by atoms with Gasteiger partial charge in [-0.2, -0.15) is 10.2 Å². The van der Waals surface area contributed by atoms with Crippen molar-refractivity contribution >= 4 is 116 Å². The van der Waals surface area contributed by atoms with Gasteiger partial charge in [-0.3, -0.25) is 25.3 Å². The van der Waals surface area contributed by atoms with Crippen LogP contribution in [0.3, 0.4) is 0 Å². The van der Waals surface area contributed by atoms with Crippen molar-refractivity contribution in [1.29, 1.82) is 0 Å². The van der Waals surface area contributed by atoms with Gasteiger partial charge in [0.2, 0.25) is 0 Å². The van der Waals surface area contributed by atoms with Gasteiger partial charge in [-0.15, -0.1) is 0 Å². The molecule has 1 aliphatic heterocycles. The smallest absolute Gasteiger partial charge is 0.262 e. The summed E-state index contributed by atoms with van der Waals surface area (Å²) in [6.07, 6.45) is 1.31. The number of benzene rings is 3. The Bertz CT molecular complexity index is 1580. The molecule has 15 heteroatoms. The monoisotopic (exact) mass is 665 g/mol. The third-order valence-corrected chi connectivity index (χ3v) is 7.51. The maximum atomic E-state index is 13.1. The number of hydrogen-bond acceptors (Lipinski definition) is 6. The first-order valence-corrected chi connectivity index (χ1v) is 14.0. The van der Waals surface area contributed by atoms with E-state index in [-0.39, 0.29) is 15.9 Å². The first-order chi connectivity index (χ1) is 19.5. The van der Waals surface area contributed by atoms with Crippen molar-refractivity contribution in [2.75, 3.05) is 10.6 Å². The van der Waals surface area contributed by atoms with E-state index in [1.165, 1.54) is 6.21 Å². The Morgan fingerprint density at radius 2 is 1.27 bits per heavy atom. The van der Waals surface area contributed by atoms with Gasteiger partial charge in [0.15, 0.2) is 10.2 Å². The zero-order chi connectivity index (χ0) is 29.7. The highest BCUT2D eigenvalue weighted by atomic mass is 35.5. The zero-order valence-corrected chi connectivity index (χ0v) is 25.6. The van der Waals surface area contributed by atoms with Crippen molar-refractivity contribution in [3.8, 4) is 0 Å². The predicted molar refractivity (Wildman–Crippen MR) is 174 cm³/mol. The fourth-order valence-electron chi connectivity index (χ4n) is 3.66. The average molecular weight is 667 g/mol. The van der Waals surface area contributed by atoms with Crippen molar-refractivity contribution in [2.45, 2.75) is 13.0 Å². The molecule has 4 rings (SSSR count). The first-order valence-electron chi connectivity index (χ1n) is 11.7. The Hall–Kier alpha value is -3.32. The van der Waals surface area contributed by atoms with E-state index in [4.69, 9.17) is 70.8 Å². The van der Waals surface area contributed by atoms with Crippen LogP contribution in [0.2, 0.25) is 20.1 Å². The maximum Gasteiger partial charge on any atom is 0.262 e. The summed E-state index contributed by atoms with van der Waals surface area (Å²) in [7, 11) is 0. The molecule has 2 amide bonds. The molecule has 0 radical (unpaired) electrons. The standard InChI is InChI=1S/C26H19Cl4N7O2S2/c1-13(37-23(38)16-4-2-3-5-17(16)24(37)39)22(34-36-26(41)33-15-7-9-19(28)21(30)11-15)12-31-35-25(40)32-14-6-8-18(27)20(29)10-14/h2-13H,1H3,(H2,32,35,40)(H2,33,36,41)/b31-12+,34-22-. The molecule has 1 heterocycles. The van der Waals surface area contributed by atoms with Gasteiger partial charge >= 0.3 is 0 Å². The summed E-state index contributed by atoms with van der Waals surface area (Å²) in [5.74, 6) is -0.916. The van der Waals surface area contributed by atoms with Crippen molar-refractivity contribution in [3.05, 3.63) is 91.9 Å². The number of imide groups is 1.